The lowest BCUT2D eigenvalue weighted by molar-refractivity contribution is -0.132. The summed E-state index contributed by atoms with van der Waals surface area (Å²) in [6.07, 6.45) is 4.44. The summed E-state index contributed by atoms with van der Waals surface area (Å²) < 4.78 is 5.55. The molecule has 0 unspecified atom stereocenters. The van der Waals surface area contributed by atoms with Crippen LogP contribution in [0.5, 0.6) is 5.75 Å². The normalized spacial score (nSPS) is 12.4. The Morgan fingerprint density at radius 3 is 2.58 bits per heavy atom. The first kappa shape index (κ1) is 15.0. The summed E-state index contributed by atoms with van der Waals surface area (Å²) in [5.74, 6) is -0.0743. The van der Waals surface area contributed by atoms with Crippen LogP contribution in [0.1, 0.15) is 32.8 Å². The molecule has 0 radical (unpaired) electrons. The van der Waals surface area contributed by atoms with Crippen LogP contribution in [-0.4, -0.2) is 17.7 Å². The third-order valence-corrected chi connectivity index (χ3v) is 2.71. The molecule has 1 aromatic rings. The highest BCUT2D eigenvalue weighted by molar-refractivity contribution is 5.86. The molecular formula is C16H20O3. The Balaban J connectivity index is 3.11. The highest BCUT2D eigenvalue weighted by Crippen LogP contribution is 2.22. The number of ether oxygens (including phenoxy) is 1. The standard InChI is InChI=1S/C16H20O3/c1-4-13(10-12(3)16(17)18)11-14-8-6-7-9-15(14)19-5-2/h6-11H,4-5H2,1-3H3,(H,17,18)/b12-10+,13-11?. The Bertz CT molecular complexity index is 498. The average molecular weight is 260 g/mol. The fraction of sp³-hybridized carbons (Fsp3) is 0.312. The van der Waals surface area contributed by atoms with Gasteiger partial charge in [-0.2, -0.15) is 0 Å². The zero-order chi connectivity index (χ0) is 14.3. The van der Waals surface area contributed by atoms with E-state index in [0.29, 0.717) is 12.2 Å². The summed E-state index contributed by atoms with van der Waals surface area (Å²) in [5.41, 5.74) is 2.27. The molecule has 0 spiro atoms. The summed E-state index contributed by atoms with van der Waals surface area (Å²) in [7, 11) is 0. The Morgan fingerprint density at radius 1 is 1.32 bits per heavy atom. The first-order valence-corrected chi connectivity index (χ1v) is 6.42. The van der Waals surface area contributed by atoms with Gasteiger partial charge in [-0.15, -0.1) is 0 Å². The van der Waals surface area contributed by atoms with E-state index in [0.717, 1.165) is 23.3 Å². The number of hydrogen-bond donors (Lipinski definition) is 1. The summed E-state index contributed by atoms with van der Waals surface area (Å²) in [5, 5.41) is 8.91. The van der Waals surface area contributed by atoms with Gasteiger partial charge in [0, 0.05) is 11.1 Å². The topological polar surface area (TPSA) is 46.5 Å². The lowest BCUT2D eigenvalue weighted by Crippen LogP contribution is -1.97. The van der Waals surface area contributed by atoms with Crippen molar-refractivity contribution in [1.82, 2.24) is 0 Å². The highest BCUT2D eigenvalue weighted by Gasteiger charge is 2.03. The molecular weight excluding hydrogens is 240 g/mol. The molecule has 3 heteroatoms. The number of allylic oxidation sites excluding steroid dienone is 2. The van der Waals surface area contributed by atoms with Gasteiger partial charge >= 0.3 is 5.97 Å². The monoisotopic (exact) mass is 260 g/mol. The van der Waals surface area contributed by atoms with Gasteiger partial charge in [-0.1, -0.05) is 25.1 Å². The van der Waals surface area contributed by atoms with E-state index in [1.54, 1.807) is 13.0 Å². The molecule has 0 amide bonds. The lowest BCUT2D eigenvalue weighted by atomic mass is 10.1. The Hall–Kier alpha value is -2.03. The molecule has 19 heavy (non-hydrogen) atoms. The van der Waals surface area contributed by atoms with E-state index >= 15 is 0 Å². The van der Waals surface area contributed by atoms with E-state index < -0.39 is 5.97 Å². The van der Waals surface area contributed by atoms with E-state index in [1.165, 1.54) is 0 Å². The van der Waals surface area contributed by atoms with E-state index in [2.05, 4.69) is 0 Å². The number of hydrogen-bond acceptors (Lipinski definition) is 2. The molecule has 0 saturated carbocycles. The van der Waals surface area contributed by atoms with Gasteiger partial charge in [0.25, 0.3) is 0 Å². The van der Waals surface area contributed by atoms with Gasteiger partial charge in [-0.3, -0.25) is 0 Å². The summed E-state index contributed by atoms with van der Waals surface area (Å²) in [6.45, 7) is 6.15. The minimum atomic E-state index is -0.891. The minimum Gasteiger partial charge on any atom is -0.493 e. The van der Waals surface area contributed by atoms with Gasteiger partial charge < -0.3 is 9.84 Å². The predicted octanol–water partition coefficient (Wildman–Crippen LogP) is 3.91. The number of carboxylic acid groups (broad SMARTS) is 1. The van der Waals surface area contributed by atoms with Crippen LogP contribution in [0.15, 0.2) is 41.5 Å². The molecule has 0 heterocycles. The van der Waals surface area contributed by atoms with Crippen molar-refractivity contribution >= 4 is 12.0 Å². The van der Waals surface area contributed by atoms with Crippen LogP contribution in [0.4, 0.5) is 0 Å². The van der Waals surface area contributed by atoms with Crippen molar-refractivity contribution in [2.75, 3.05) is 6.61 Å². The number of carboxylic acids is 1. The van der Waals surface area contributed by atoms with Crippen LogP contribution in [0, 0.1) is 0 Å². The molecule has 0 aliphatic rings. The maximum atomic E-state index is 10.9. The van der Waals surface area contributed by atoms with E-state index in [4.69, 9.17) is 9.84 Å². The van der Waals surface area contributed by atoms with Gasteiger partial charge in [0.1, 0.15) is 5.75 Å². The second-order valence-electron chi connectivity index (χ2n) is 4.18. The summed E-state index contributed by atoms with van der Waals surface area (Å²) >= 11 is 0. The van der Waals surface area contributed by atoms with Crippen LogP contribution in [0.3, 0.4) is 0 Å². The van der Waals surface area contributed by atoms with E-state index in [9.17, 15) is 4.79 Å². The quantitative estimate of drug-likeness (QED) is 0.623. The summed E-state index contributed by atoms with van der Waals surface area (Å²) in [6, 6.07) is 7.74. The van der Waals surface area contributed by atoms with Crippen LogP contribution in [0.25, 0.3) is 6.08 Å². The van der Waals surface area contributed by atoms with Gasteiger partial charge in [0.05, 0.1) is 6.61 Å². The van der Waals surface area contributed by atoms with Crippen molar-refractivity contribution < 1.29 is 14.6 Å². The van der Waals surface area contributed by atoms with Crippen molar-refractivity contribution in [2.24, 2.45) is 0 Å². The smallest absolute Gasteiger partial charge is 0.331 e. The SMILES string of the molecule is CCOc1ccccc1C=C(/C=C(\C)C(=O)O)CC. The molecule has 0 aromatic heterocycles. The Kier molecular flexibility index (Phi) is 5.86. The molecule has 0 atom stereocenters. The predicted molar refractivity (Wildman–Crippen MR) is 77.3 cm³/mol. The van der Waals surface area contributed by atoms with Crippen molar-refractivity contribution in [3.05, 3.63) is 47.1 Å². The van der Waals surface area contributed by atoms with Gasteiger partial charge in [-0.05, 0) is 44.1 Å². The lowest BCUT2D eigenvalue weighted by Gasteiger charge is -2.08. The van der Waals surface area contributed by atoms with Crippen LogP contribution in [0.2, 0.25) is 0 Å². The van der Waals surface area contributed by atoms with Crippen molar-refractivity contribution in [3.63, 3.8) is 0 Å². The fourth-order valence-electron chi connectivity index (χ4n) is 1.67. The van der Waals surface area contributed by atoms with Gasteiger partial charge in [-0.25, -0.2) is 4.79 Å². The molecule has 0 saturated heterocycles. The molecule has 0 fully saturated rings. The maximum absolute atomic E-state index is 10.9. The molecule has 0 aliphatic heterocycles. The molecule has 3 nitrogen and oxygen atoms in total. The van der Waals surface area contributed by atoms with Crippen LogP contribution in [-0.2, 0) is 4.79 Å². The van der Waals surface area contributed by atoms with Crippen LogP contribution >= 0.6 is 0 Å². The highest BCUT2D eigenvalue weighted by atomic mass is 16.5. The second-order valence-corrected chi connectivity index (χ2v) is 4.18. The van der Waals surface area contributed by atoms with Gasteiger partial charge in [0.2, 0.25) is 0 Å². The number of rotatable bonds is 6. The molecule has 1 N–H and O–H groups in total. The van der Waals surface area contributed by atoms with Gasteiger partial charge in [0.15, 0.2) is 0 Å². The molecule has 1 aromatic carbocycles. The third kappa shape index (κ3) is 4.62. The zero-order valence-electron chi connectivity index (χ0n) is 11.6. The first-order valence-electron chi connectivity index (χ1n) is 6.42. The maximum Gasteiger partial charge on any atom is 0.331 e. The zero-order valence-corrected chi connectivity index (χ0v) is 11.6. The van der Waals surface area contributed by atoms with Crippen molar-refractivity contribution in [3.8, 4) is 5.75 Å². The van der Waals surface area contributed by atoms with Crippen molar-refractivity contribution in [2.45, 2.75) is 27.2 Å². The average Bonchev–Trinajstić information content (AvgIpc) is 2.40. The number of benzene rings is 1. The largest absolute Gasteiger partial charge is 0.493 e. The molecule has 0 bridgehead atoms. The number of para-hydroxylation sites is 1. The van der Waals surface area contributed by atoms with E-state index in [1.807, 2.05) is 44.2 Å². The molecule has 0 aliphatic carbocycles. The second kappa shape index (κ2) is 7.41. The number of aliphatic carboxylic acids is 1. The van der Waals surface area contributed by atoms with E-state index in [-0.39, 0.29) is 0 Å². The first-order chi connectivity index (χ1) is 9.08. The fourth-order valence-corrected chi connectivity index (χ4v) is 1.67. The Labute approximate surface area is 114 Å². The minimum absolute atomic E-state index is 0.335. The summed E-state index contributed by atoms with van der Waals surface area (Å²) in [4.78, 5) is 10.9. The number of carbonyl (C=O) groups is 1. The third-order valence-electron chi connectivity index (χ3n) is 2.71. The molecule has 102 valence electrons. The Morgan fingerprint density at radius 2 is 2.00 bits per heavy atom. The van der Waals surface area contributed by atoms with Crippen LogP contribution < -0.4 is 4.74 Å². The molecule has 1 rings (SSSR count). The van der Waals surface area contributed by atoms with Crippen molar-refractivity contribution in [1.29, 1.82) is 0 Å².